The van der Waals surface area contributed by atoms with Crippen molar-refractivity contribution in [1.29, 1.82) is 0 Å². The van der Waals surface area contributed by atoms with Gasteiger partial charge in [-0.2, -0.15) is 8.78 Å². The molecule has 0 unspecified atom stereocenters. The second-order valence-electron chi connectivity index (χ2n) is 6.97. The van der Waals surface area contributed by atoms with Crippen molar-refractivity contribution >= 4 is 5.97 Å². The number of hydrogen-bond acceptors (Lipinski definition) is 4. The van der Waals surface area contributed by atoms with Gasteiger partial charge in [-0.1, -0.05) is 30.3 Å². The highest BCUT2D eigenvalue weighted by molar-refractivity contribution is 5.91. The molecule has 170 valence electrons. The minimum Gasteiger partial charge on any atom is -0.462 e. The molecule has 0 saturated carbocycles. The molecule has 1 aromatic heterocycles. The Balaban J connectivity index is 1.92. The Labute approximate surface area is 184 Å². The molecule has 0 radical (unpaired) electrons. The van der Waals surface area contributed by atoms with Gasteiger partial charge in [0.15, 0.2) is 5.75 Å². The molecular weight excluding hydrogens is 423 g/mol. The number of rotatable bonds is 10. The lowest BCUT2D eigenvalue weighted by atomic mass is 10.2. The zero-order chi connectivity index (χ0) is 23.1. The average Bonchev–Trinajstić information content (AvgIpc) is 3.08. The summed E-state index contributed by atoms with van der Waals surface area (Å²) in [5.74, 6) is -1.58. The molecule has 0 amide bonds. The number of benzene rings is 2. The van der Waals surface area contributed by atoms with Gasteiger partial charge in [0.25, 0.3) is 0 Å². The summed E-state index contributed by atoms with van der Waals surface area (Å²) in [6, 6.07) is 14.6. The molecule has 3 rings (SSSR count). The molecule has 2 aromatic carbocycles. The maximum atomic E-state index is 13.7. The molecule has 0 fully saturated rings. The van der Waals surface area contributed by atoms with E-state index in [0.717, 1.165) is 17.7 Å². The van der Waals surface area contributed by atoms with Crippen LogP contribution < -0.4 is 4.74 Å². The van der Waals surface area contributed by atoms with Crippen LogP contribution >= 0.6 is 0 Å². The number of nitrogens with zero attached hydrogens (tertiary/aromatic N) is 1. The van der Waals surface area contributed by atoms with E-state index in [0.29, 0.717) is 31.0 Å². The third-order valence-corrected chi connectivity index (χ3v) is 4.81. The smallest absolute Gasteiger partial charge is 0.387 e. The van der Waals surface area contributed by atoms with Crippen molar-refractivity contribution in [2.45, 2.75) is 33.5 Å². The maximum Gasteiger partial charge on any atom is 0.387 e. The number of esters is 1. The van der Waals surface area contributed by atoms with Crippen LogP contribution in [0, 0.1) is 12.7 Å². The first kappa shape index (κ1) is 23.4. The Kier molecular flexibility index (Phi) is 7.94. The lowest BCUT2D eigenvalue weighted by Crippen LogP contribution is -2.11. The summed E-state index contributed by atoms with van der Waals surface area (Å²) in [6.07, 6.45) is 0.374. The normalized spacial score (nSPS) is 11.1. The number of carbonyl (C=O) groups excluding carboxylic acids is 1. The minimum atomic E-state index is -3.13. The molecule has 0 atom stereocenters. The van der Waals surface area contributed by atoms with E-state index in [-0.39, 0.29) is 23.6 Å². The van der Waals surface area contributed by atoms with Crippen LogP contribution in [0.3, 0.4) is 0 Å². The van der Waals surface area contributed by atoms with Crippen LogP contribution in [0.25, 0.3) is 5.69 Å². The largest absolute Gasteiger partial charge is 0.462 e. The lowest BCUT2D eigenvalue weighted by Gasteiger charge is -2.17. The summed E-state index contributed by atoms with van der Waals surface area (Å²) >= 11 is 0. The number of halogens is 3. The lowest BCUT2D eigenvalue weighted by molar-refractivity contribution is -0.0500. The first-order valence-corrected chi connectivity index (χ1v) is 10.2. The van der Waals surface area contributed by atoms with Crippen LogP contribution in [-0.4, -0.2) is 30.4 Å². The molecule has 0 aliphatic heterocycles. The highest BCUT2D eigenvalue weighted by Crippen LogP contribution is 2.31. The van der Waals surface area contributed by atoms with Gasteiger partial charge < -0.3 is 18.8 Å². The monoisotopic (exact) mass is 447 g/mol. The summed E-state index contributed by atoms with van der Waals surface area (Å²) in [5, 5.41) is 0. The molecule has 5 nitrogen and oxygen atoms in total. The van der Waals surface area contributed by atoms with Crippen molar-refractivity contribution in [3.63, 3.8) is 0 Å². The zero-order valence-electron chi connectivity index (χ0n) is 17.8. The van der Waals surface area contributed by atoms with Crippen molar-refractivity contribution in [3.8, 4) is 11.4 Å². The molecule has 32 heavy (non-hydrogen) atoms. The number of ether oxygens (including phenoxy) is 3. The zero-order valence-corrected chi connectivity index (χ0v) is 17.8. The molecule has 0 spiro atoms. The first-order chi connectivity index (χ1) is 15.4. The van der Waals surface area contributed by atoms with Crippen molar-refractivity contribution in [3.05, 3.63) is 82.9 Å². The third-order valence-electron chi connectivity index (χ3n) is 4.81. The molecule has 3 aromatic rings. The van der Waals surface area contributed by atoms with Gasteiger partial charge in [0, 0.05) is 23.9 Å². The third kappa shape index (κ3) is 5.70. The maximum absolute atomic E-state index is 13.7. The second-order valence-corrected chi connectivity index (χ2v) is 6.97. The van der Waals surface area contributed by atoms with Crippen LogP contribution in [0.2, 0.25) is 0 Å². The van der Waals surface area contributed by atoms with Crippen molar-refractivity contribution in [2.24, 2.45) is 0 Å². The van der Waals surface area contributed by atoms with E-state index >= 15 is 0 Å². The molecule has 8 heteroatoms. The molecule has 0 bridgehead atoms. The van der Waals surface area contributed by atoms with Crippen LogP contribution in [0.1, 0.15) is 34.2 Å². The number of carbonyl (C=O) groups is 1. The molecule has 1 heterocycles. The molecule has 0 saturated heterocycles. The van der Waals surface area contributed by atoms with Crippen LogP contribution in [0.15, 0.2) is 54.6 Å². The van der Waals surface area contributed by atoms with E-state index in [1.165, 1.54) is 6.07 Å². The van der Waals surface area contributed by atoms with E-state index < -0.39 is 18.4 Å². The predicted molar refractivity (Wildman–Crippen MR) is 113 cm³/mol. The number of aromatic nitrogens is 1. The highest BCUT2D eigenvalue weighted by atomic mass is 19.3. The van der Waals surface area contributed by atoms with Gasteiger partial charge in [0.2, 0.25) is 0 Å². The van der Waals surface area contributed by atoms with Gasteiger partial charge in [-0.05, 0) is 37.6 Å². The Morgan fingerprint density at radius 2 is 1.84 bits per heavy atom. The predicted octanol–water partition coefficient (Wildman–Crippen LogP) is 5.46. The van der Waals surface area contributed by atoms with Gasteiger partial charge in [-0.3, -0.25) is 0 Å². The Hall–Kier alpha value is -3.26. The van der Waals surface area contributed by atoms with Crippen LogP contribution in [0.5, 0.6) is 5.75 Å². The van der Waals surface area contributed by atoms with Gasteiger partial charge in [0.1, 0.15) is 5.82 Å². The van der Waals surface area contributed by atoms with E-state index in [4.69, 9.17) is 9.47 Å². The minimum absolute atomic E-state index is 0.190. The fourth-order valence-electron chi connectivity index (χ4n) is 3.41. The Morgan fingerprint density at radius 1 is 1.09 bits per heavy atom. The topological polar surface area (TPSA) is 49.7 Å². The summed E-state index contributed by atoms with van der Waals surface area (Å²) in [5.41, 5.74) is 2.57. The Morgan fingerprint density at radius 3 is 2.53 bits per heavy atom. The van der Waals surface area contributed by atoms with Gasteiger partial charge in [-0.15, -0.1) is 0 Å². The van der Waals surface area contributed by atoms with Gasteiger partial charge >= 0.3 is 12.6 Å². The van der Waals surface area contributed by atoms with Crippen molar-refractivity contribution in [1.82, 2.24) is 4.57 Å². The summed E-state index contributed by atoms with van der Waals surface area (Å²) in [4.78, 5) is 12.4. The SMILES string of the molecule is CCOC(=O)c1cc(CCOCc2ccccc2)n(-c2ccc(F)cc2OC(F)F)c1C. The van der Waals surface area contributed by atoms with E-state index in [1.807, 2.05) is 30.3 Å². The first-order valence-electron chi connectivity index (χ1n) is 10.2. The van der Waals surface area contributed by atoms with E-state index in [2.05, 4.69) is 4.74 Å². The van der Waals surface area contributed by atoms with Crippen molar-refractivity contribution in [2.75, 3.05) is 13.2 Å². The summed E-state index contributed by atoms with van der Waals surface area (Å²) < 4.78 is 56.6. The highest BCUT2D eigenvalue weighted by Gasteiger charge is 2.22. The quantitative estimate of drug-likeness (QED) is 0.306. The molecule has 0 aliphatic rings. The van der Waals surface area contributed by atoms with Crippen molar-refractivity contribution < 1.29 is 32.2 Å². The molecule has 0 N–H and O–H groups in total. The van der Waals surface area contributed by atoms with E-state index in [9.17, 15) is 18.0 Å². The fourth-order valence-corrected chi connectivity index (χ4v) is 3.41. The van der Waals surface area contributed by atoms with E-state index in [1.54, 1.807) is 24.5 Å². The fraction of sp³-hybridized carbons (Fsp3) is 0.292. The summed E-state index contributed by atoms with van der Waals surface area (Å²) in [7, 11) is 0. The van der Waals surface area contributed by atoms with Gasteiger partial charge in [0.05, 0.1) is 31.1 Å². The van der Waals surface area contributed by atoms with Gasteiger partial charge in [-0.25, -0.2) is 9.18 Å². The molecular formula is C24H24F3NO4. The van der Waals surface area contributed by atoms with Crippen LogP contribution in [0.4, 0.5) is 13.2 Å². The summed E-state index contributed by atoms with van der Waals surface area (Å²) in [6.45, 7) is 1.13. The standard InChI is InChI=1S/C24H24F3NO4/c1-3-31-23(29)20-14-19(11-12-30-15-17-7-5-4-6-8-17)28(16(20)2)21-10-9-18(25)13-22(21)32-24(26)27/h4-10,13-14,24H,3,11-12,15H2,1-2H3. The Bertz CT molecular complexity index is 1050. The second kappa shape index (κ2) is 10.9. The number of alkyl halides is 2. The van der Waals surface area contributed by atoms with Crippen LogP contribution in [-0.2, 0) is 22.5 Å². The molecule has 0 aliphatic carbocycles. The average molecular weight is 447 g/mol. The number of hydrogen-bond donors (Lipinski definition) is 0.